The molecule has 0 saturated carbocycles. The molecule has 0 aromatic heterocycles. The smallest absolute Gasteiger partial charge is 0.407 e. The van der Waals surface area contributed by atoms with E-state index in [0.29, 0.717) is 13.1 Å². The lowest BCUT2D eigenvalue weighted by atomic mass is 9.92. The molecule has 0 aromatic carbocycles. The first-order valence-corrected chi connectivity index (χ1v) is 5.00. The van der Waals surface area contributed by atoms with Gasteiger partial charge in [-0.05, 0) is 20.8 Å². The van der Waals surface area contributed by atoms with E-state index in [1.807, 2.05) is 0 Å². The van der Waals surface area contributed by atoms with E-state index in [-0.39, 0.29) is 6.61 Å². The van der Waals surface area contributed by atoms with E-state index in [2.05, 4.69) is 5.32 Å². The van der Waals surface area contributed by atoms with Crippen molar-refractivity contribution in [1.82, 2.24) is 5.32 Å². The number of aliphatic hydroxyl groups excluding tert-OH is 1. The Morgan fingerprint density at radius 3 is 2.27 bits per heavy atom. The van der Waals surface area contributed by atoms with Crippen molar-refractivity contribution >= 4 is 6.09 Å². The van der Waals surface area contributed by atoms with Gasteiger partial charge in [0.2, 0.25) is 0 Å². The Balaban J connectivity index is 4.00. The molecular formula is C10H22N2O3. The minimum atomic E-state index is -0.511. The second-order valence-electron chi connectivity index (χ2n) is 5.03. The van der Waals surface area contributed by atoms with Crippen molar-refractivity contribution in [3.63, 3.8) is 0 Å². The molecule has 0 aliphatic heterocycles. The van der Waals surface area contributed by atoms with Crippen molar-refractivity contribution in [2.75, 3.05) is 19.7 Å². The molecule has 1 amide bonds. The normalized spacial score (nSPS) is 15.6. The van der Waals surface area contributed by atoms with E-state index < -0.39 is 17.1 Å². The highest BCUT2D eigenvalue weighted by molar-refractivity contribution is 5.67. The predicted octanol–water partition coefficient (Wildman–Crippen LogP) is 0.468. The number of nitrogens with two attached hydrogens (primary N) is 1. The van der Waals surface area contributed by atoms with Crippen LogP contribution in [0.4, 0.5) is 4.79 Å². The van der Waals surface area contributed by atoms with Gasteiger partial charge in [0.05, 0.1) is 6.61 Å². The average molecular weight is 218 g/mol. The summed E-state index contributed by atoms with van der Waals surface area (Å²) in [6, 6.07) is 0. The van der Waals surface area contributed by atoms with Gasteiger partial charge in [0.25, 0.3) is 0 Å². The van der Waals surface area contributed by atoms with Crippen molar-refractivity contribution in [1.29, 1.82) is 0 Å². The number of carbonyl (C=O) groups is 1. The molecule has 0 saturated heterocycles. The fourth-order valence-electron chi connectivity index (χ4n) is 0.792. The number of hydrogen-bond acceptors (Lipinski definition) is 4. The van der Waals surface area contributed by atoms with E-state index >= 15 is 0 Å². The monoisotopic (exact) mass is 218 g/mol. The molecule has 5 heteroatoms. The molecule has 1 atom stereocenters. The summed E-state index contributed by atoms with van der Waals surface area (Å²) in [4.78, 5) is 11.3. The molecule has 4 N–H and O–H groups in total. The fourth-order valence-corrected chi connectivity index (χ4v) is 0.792. The third kappa shape index (κ3) is 6.30. The molecule has 90 valence electrons. The maximum absolute atomic E-state index is 11.3. The highest BCUT2D eigenvalue weighted by atomic mass is 16.6. The summed E-state index contributed by atoms with van der Waals surface area (Å²) in [7, 11) is 0. The van der Waals surface area contributed by atoms with Crippen LogP contribution in [0.2, 0.25) is 0 Å². The van der Waals surface area contributed by atoms with Crippen LogP contribution in [0.15, 0.2) is 0 Å². The molecular weight excluding hydrogens is 196 g/mol. The number of rotatable bonds is 4. The van der Waals surface area contributed by atoms with E-state index in [4.69, 9.17) is 15.6 Å². The quantitative estimate of drug-likeness (QED) is 0.640. The van der Waals surface area contributed by atoms with Gasteiger partial charge in [-0.25, -0.2) is 4.79 Å². The molecule has 0 rings (SSSR count). The Bertz CT molecular complexity index is 207. The number of hydrogen-bond donors (Lipinski definition) is 3. The van der Waals surface area contributed by atoms with Gasteiger partial charge in [-0.2, -0.15) is 0 Å². The van der Waals surface area contributed by atoms with Gasteiger partial charge in [0.15, 0.2) is 0 Å². The molecule has 0 aromatic rings. The number of ether oxygens (including phenoxy) is 1. The Morgan fingerprint density at radius 2 is 1.93 bits per heavy atom. The molecule has 15 heavy (non-hydrogen) atoms. The molecule has 1 unspecified atom stereocenters. The first-order chi connectivity index (χ1) is 6.72. The summed E-state index contributed by atoms with van der Waals surface area (Å²) in [6.07, 6.45) is -0.490. The van der Waals surface area contributed by atoms with Crippen LogP contribution in [0.5, 0.6) is 0 Å². The average Bonchev–Trinajstić information content (AvgIpc) is 2.12. The zero-order valence-corrected chi connectivity index (χ0v) is 9.96. The second-order valence-corrected chi connectivity index (χ2v) is 5.03. The molecule has 0 aliphatic carbocycles. The van der Waals surface area contributed by atoms with E-state index in [1.165, 1.54) is 0 Å². The first-order valence-electron chi connectivity index (χ1n) is 5.00. The number of carbonyl (C=O) groups excluding carboxylic acids is 1. The van der Waals surface area contributed by atoms with Gasteiger partial charge in [0.1, 0.15) is 5.60 Å². The molecule has 0 fully saturated rings. The highest BCUT2D eigenvalue weighted by Crippen LogP contribution is 2.12. The van der Waals surface area contributed by atoms with Crippen LogP contribution in [-0.4, -0.2) is 36.5 Å². The first kappa shape index (κ1) is 14.2. The van der Waals surface area contributed by atoms with Crippen molar-refractivity contribution in [2.24, 2.45) is 11.1 Å². The third-order valence-electron chi connectivity index (χ3n) is 1.93. The summed E-state index contributed by atoms with van der Waals surface area (Å²) in [5.74, 6) is 0. The molecule has 0 radical (unpaired) electrons. The minimum Gasteiger partial charge on any atom is -0.444 e. The summed E-state index contributed by atoms with van der Waals surface area (Å²) >= 11 is 0. The number of nitrogens with one attached hydrogen (secondary N) is 1. The summed E-state index contributed by atoms with van der Waals surface area (Å²) in [6.45, 7) is 7.71. The van der Waals surface area contributed by atoms with Crippen LogP contribution in [0.3, 0.4) is 0 Å². The van der Waals surface area contributed by atoms with Gasteiger partial charge in [-0.15, -0.1) is 0 Å². The molecule has 0 spiro atoms. The largest absolute Gasteiger partial charge is 0.444 e. The second kappa shape index (κ2) is 5.32. The zero-order valence-electron chi connectivity index (χ0n) is 9.96. The summed E-state index contributed by atoms with van der Waals surface area (Å²) < 4.78 is 5.05. The molecule has 5 nitrogen and oxygen atoms in total. The van der Waals surface area contributed by atoms with Gasteiger partial charge in [-0.1, -0.05) is 6.92 Å². The van der Waals surface area contributed by atoms with E-state index in [9.17, 15) is 4.79 Å². The Morgan fingerprint density at radius 1 is 1.40 bits per heavy atom. The van der Waals surface area contributed by atoms with Crippen LogP contribution in [0.25, 0.3) is 0 Å². The zero-order chi connectivity index (χ0) is 12.1. The van der Waals surface area contributed by atoms with Gasteiger partial charge >= 0.3 is 6.09 Å². The minimum absolute atomic E-state index is 0.0701. The van der Waals surface area contributed by atoms with Gasteiger partial charge < -0.3 is 20.9 Å². The van der Waals surface area contributed by atoms with Crippen molar-refractivity contribution < 1.29 is 14.6 Å². The topological polar surface area (TPSA) is 84.6 Å². The van der Waals surface area contributed by atoms with Crippen LogP contribution >= 0.6 is 0 Å². The Labute approximate surface area is 91.0 Å². The van der Waals surface area contributed by atoms with E-state index in [1.54, 1.807) is 27.7 Å². The molecule has 0 heterocycles. The number of amides is 1. The highest BCUT2D eigenvalue weighted by Gasteiger charge is 2.24. The standard InChI is InChI=1S/C10H22N2O3/c1-9(2,3)15-8(14)12-6-10(4,5-11)7-13/h13H,5-7,11H2,1-4H3,(H,12,14). The van der Waals surface area contributed by atoms with Crippen LogP contribution in [0.1, 0.15) is 27.7 Å². The summed E-state index contributed by atoms with van der Waals surface area (Å²) in [5.41, 5.74) is 4.48. The summed E-state index contributed by atoms with van der Waals surface area (Å²) in [5, 5.41) is 11.6. The van der Waals surface area contributed by atoms with Crippen molar-refractivity contribution in [3.8, 4) is 0 Å². The van der Waals surface area contributed by atoms with E-state index in [0.717, 1.165) is 0 Å². The third-order valence-corrected chi connectivity index (χ3v) is 1.93. The van der Waals surface area contributed by atoms with Crippen LogP contribution < -0.4 is 11.1 Å². The predicted molar refractivity (Wildman–Crippen MR) is 58.5 cm³/mol. The van der Waals surface area contributed by atoms with Crippen molar-refractivity contribution in [2.45, 2.75) is 33.3 Å². The number of aliphatic hydroxyl groups is 1. The Hall–Kier alpha value is -0.810. The maximum atomic E-state index is 11.3. The SMILES string of the molecule is CC(CN)(CO)CNC(=O)OC(C)(C)C. The Kier molecular flexibility index (Phi) is 5.03. The lowest BCUT2D eigenvalue weighted by Gasteiger charge is -2.26. The van der Waals surface area contributed by atoms with Crippen molar-refractivity contribution in [3.05, 3.63) is 0 Å². The molecule has 0 bridgehead atoms. The van der Waals surface area contributed by atoms with Gasteiger partial charge in [0, 0.05) is 18.5 Å². The van der Waals surface area contributed by atoms with Crippen LogP contribution in [-0.2, 0) is 4.74 Å². The number of alkyl carbamates (subject to hydrolysis) is 1. The molecule has 0 aliphatic rings. The lowest BCUT2D eigenvalue weighted by Crippen LogP contribution is -2.44. The maximum Gasteiger partial charge on any atom is 0.407 e. The van der Waals surface area contributed by atoms with Crippen LogP contribution in [0, 0.1) is 5.41 Å². The fraction of sp³-hybridized carbons (Fsp3) is 0.900. The van der Waals surface area contributed by atoms with Gasteiger partial charge in [-0.3, -0.25) is 0 Å². The lowest BCUT2D eigenvalue weighted by molar-refractivity contribution is 0.0483.